The van der Waals surface area contributed by atoms with Crippen LogP contribution in [0.1, 0.15) is 46.5 Å². The maximum absolute atomic E-state index is 5.13. The minimum absolute atomic E-state index is 0.353. The molecule has 0 radical (unpaired) electrons. The van der Waals surface area contributed by atoms with Crippen molar-refractivity contribution in [3.63, 3.8) is 0 Å². The largest absolute Gasteiger partial charge is 0.385 e. The summed E-state index contributed by atoms with van der Waals surface area (Å²) in [6, 6.07) is 0. The van der Waals surface area contributed by atoms with E-state index < -0.39 is 0 Å². The van der Waals surface area contributed by atoms with Gasteiger partial charge in [0.1, 0.15) is 0 Å². The highest BCUT2D eigenvalue weighted by atomic mass is 16.5. The van der Waals surface area contributed by atoms with Gasteiger partial charge in [-0.05, 0) is 37.6 Å². The van der Waals surface area contributed by atoms with E-state index in [1.54, 1.807) is 7.11 Å². The van der Waals surface area contributed by atoms with Gasteiger partial charge in [-0.3, -0.25) is 0 Å². The Balaban J connectivity index is 2.54. The quantitative estimate of drug-likeness (QED) is 0.703. The number of hydrogen-bond acceptors (Lipinski definition) is 2. The zero-order chi connectivity index (χ0) is 10.7. The van der Waals surface area contributed by atoms with Crippen molar-refractivity contribution in [2.24, 2.45) is 5.41 Å². The van der Waals surface area contributed by atoms with Crippen LogP contribution in [-0.4, -0.2) is 25.8 Å². The van der Waals surface area contributed by atoms with E-state index >= 15 is 0 Å². The van der Waals surface area contributed by atoms with Crippen molar-refractivity contribution in [3.8, 4) is 0 Å². The number of ether oxygens (including phenoxy) is 1. The first kappa shape index (κ1) is 12.0. The third-order valence-electron chi connectivity index (χ3n) is 3.63. The second kappa shape index (κ2) is 4.63. The molecule has 1 rings (SSSR count). The van der Waals surface area contributed by atoms with Gasteiger partial charge in [-0.1, -0.05) is 20.8 Å². The van der Waals surface area contributed by atoms with Crippen molar-refractivity contribution in [1.82, 2.24) is 5.32 Å². The Bertz CT molecular complexity index is 166. The summed E-state index contributed by atoms with van der Waals surface area (Å²) in [6.45, 7) is 9.11. The molecule has 0 aromatic rings. The lowest BCUT2D eigenvalue weighted by atomic mass is 9.70. The summed E-state index contributed by atoms with van der Waals surface area (Å²) >= 11 is 0. The van der Waals surface area contributed by atoms with Crippen LogP contribution in [0.3, 0.4) is 0 Å². The van der Waals surface area contributed by atoms with Crippen LogP contribution in [0.15, 0.2) is 0 Å². The molecule has 2 nitrogen and oxygen atoms in total. The fraction of sp³-hybridized carbons (Fsp3) is 1.00. The molecule has 14 heavy (non-hydrogen) atoms. The maximum Gasteiger partial charge on any atom is 0.0462 e. The van der Waals surface area contributed by atoms with Crippen LogP contribution in [0, 0.1) is 5.41 Å². The van der Waals surface area contributed by atoms with Gasteiger partial charge in [0.2, 0.25) is 0 Å². The minimum atomic E-state index is 0.353. The van der Waals surface area contributed by atoms with Gasteiger partial charge in [-0.15, -0.1) is 0 Å². The number of methoxy groups -OCH3 is 1. The molecule has 0 aliphatic carbocycles. The van der Waals surface area contributed by atoms with Crippen LogP contribution in [-0.2, 0) is 4.74 Å². The predicted molar refractivity (Wildman–Crippen MR) is 60.5 cm³/mol. The molecule has 84 valence electrons. The van der Waals surface area contributed by atoms with Crippen molar-refractivity contribution < 1.29 is 4.74 Å². The Kier molecular flexibility index (Phi) is 3.96. The van der Waals surface area contributed by atoms with Gasteiger partial charge < -0.3 is 10.1 Å². The standard InChI is InChI=1S/C12H25NO/c1-11(2,3)12(7-5-9-13-12)8-6-10-14-4/h13H,5-10H2,1-4H3. The maximum atomic E-state index is 5.13. The summed E-state index contributed by atoms with van der Waals surface area (Å²) in [7, 11) is 1.78. The molecular formula is C12H25NO. The van der Waals surface area contributed by atoms with E-state index in [2.05, 4.69) is 26.1 Å². The topological polar surface area (TPSA) is 21.3 Å². The molecule has 0 amide bonds. The van der Waals surface area contributed by atoms with Crippen LogP contribution in [0.4, 0.5) is 0 Å². The molecule has 1 aliphatic rings. The summed E-state index contributed by atoms with van der Waals surface area (Å²) in [5.41, 5.74) is 0.711. The minimum Gasteiger partial charge on any atom is -0.385 e. The van der Waals surface area contributed by atoms with Gasteiger partial charge in [0.25, 0.3) is 0 Å². The molecule has 1 aliphatic heterocycles. The van der Waals surface area contributed by atoms with Gasteiger partial charge in [0, 0.05) is 19.3 Å². The summed E-state index contributed by atoms with van der Waals surface area (Å²) in [4.78, 5) is 0. The third-order valence-corrected chi connectivity index (χ3v) is 3.63. The molecule has 0 saturated carbocycles. The predicted octanol–water partition coefficient (Wildman–Crippen LogP) is 2.58. The zero-order valence-electron chi connectivity index (χ0n) is 10.2. The molecule has 1 N–H and O–H groups in total. The van der Waals surface area contributed by atoms with E-state index in [4.69, 9.17) is 4.74 Å². The van der Waals surface area contributed by atoms with Crippen LogP contribution in [0.2, 0.25) is 0 Å². The SMILES string of the molecule is COCCCC1(C(C)(C)C)CCCN1. The molecule has 0 aromatic carbocycles. The van der Waals surface area contributed by atoms with Gasteiger partial charge in [0.05, 0.1) is 0 Å². The molecular weight excluding hydrogens is 174 g/mol. The van der Waals surface area contributed by atoms with E-state index in [1.807, 2.05) is 0 Å². The number of hydrogen-bond donors (Lipinski definition) is 1. The second-order valence-corrected chi connectivity index (χ2v) is 5.46. The molecule has 1 fully saturated rings. The Morgan fingerprint density at radius 1 is 1.36 bits per heavy atom. The molecule has 0 bridgehead atoms. The van der Waals surface area contributed by atoms with Crippen LogP contribution < -0.4 is 5.32 Å². The Hall–Kier alpha value is -0.0800. The van der Waals surface area contributed by atoms with Crippen molar-refractivity contribution in [2.75, 3.05) is 20.3 Å². The van der Waals surface area contributed by atoms with Crippen molar-refractivity contribution in [2.45, 2.75) is 52.0 Å². The zero-order valence-corrected chi connectivity index (χ0v) is 10.2. The van der Waals surface area contributed by atoms with Crippen LogP contribution in [0.5, 0.6) is 0 Å². The normalized spacial score (nSPS) is 28.3. The highest BCUT2D eigenvalue weighted by molar-refractivity contribution is 5.01. The smallest absolute Gasteiger partial charge is 0.0462 e. The average molecular weight is 199 g/mol. The highest BCUT2D eigenvalue weighted by Gasteiger charge is 2.42. The van der Waals surface area contributed by atoms with E-state index in [1.165, 1.54) is 32.2 Å². The van der Waals surface area contributed by atoms with E-state index in [9.17, 15) is 0 Å². The van der Waals surface area contributed by atoms with Crippen LogP contribution >= 0.6 is 0 Å². The molecule has 1 atom stereocenters. The number of rotatable bonds is 4. The first-order valence-corrected chi connectivity index (χ1v) is 5.76. The number of nitrogens with one attached hydrogen (secondary N) is 1. The summed E-state index contributed by atoms with van der Waals surface area (Å²) in [5.74, 6) is 0. The molecule has 0 spiro atoms. The molecule has 0 aromatic heterocycles. The van der Waals surface area contributed by atoms with Crippen molar-refractivity contribution in [3.05, 3.63) is 0 Å². The van der Waals surface area contributed by atoms with Gasteiger partial charge >= 0.3 is 0 Å². The van der Waals surface area contributed by atoms with Crippen LogP contribution in [0.25, 0.3) is 0 Å². The van der Waals surface area contributed by atoms with Crippen molar-refractivity contribution >= 4 is 0 Å². The van der Waals surface area contributed by atoms with Crippen molar-refractivity contribution in [1.29, 1.82) is 0 Å². The van der Waals surface area contributed by atoms with Gasteiger partial charge in [-0.25, -0.2) is 0 Å². The summed E-state index contributed by atoms with van der Waals surface area (Å²) in [6.07, 6.45) is 5.05. The third kappa shape index (κ3) is 2.48. The van der Waals surface area contributed by atoms with E-state index in [0.717, 1.165) is 6.61 Å². The lowest BCUT2D eigenvalue weighted by molar-refractivity contribution is 0.121. The van der Waals surface area contributed by atoms with E-state index in [-0.39, 0.29) is 0 Å². The molecule has 2 heteroatoms. The first-order valence-electron chi connectivity index (χ1n) is 5.76. The second-order valence-electron chi connectivity index (χ2n) is 5.46. The first-order chi connectivity index (χ1) is 6.52. The lowest BCUT2D eigenvalue weighted by Crippen LogP contribution is -2.50. The Labute approximate surface area is 88.4 Å². The summed E-state index contributed by atoms with van der Waals surface area (Å²) < 4.78 is 5.13. The Morgan fingerprint density at radius 2 is 2.07 bits per heavy atom. The Morgan fingerprint density at radius 3 is 2.50 bits per heavy atom. The molecule has 1 unspecified atom stereocenters. The lowest BCUT2D eigenvalue weighted by Gasteiger charge is -2.42. The summed E-state index contributed by atoms with van der Waals surface area (Å²) in [5, 5.41) is 3.71. The monoisotopic (exact) mass is 199 g/mol. The van der Waals surface area contributed by atoms with E-state index in [0.29, 0.717) is 11.0 Å². The fourth-order valence-corrected chi connectivity index (χ4v) is 2.55. The molecule has 1 saturated heterocycles. The van der Waals surface area contributed by atoms with Gasteiger partial charge in [-0.2, -0.15) is 0 Å². The highest BCUT2D eigenvalue weighted by Crippen LogP contribution is 2.40. The molecule has 1 heterocycles. The average Bonchev–Trinajstić information content (AvgIpc) is 2.53. The van der Waals surface area contributed by atoms with Gasteiger partial charge in [0.15, 0.2) is 0 Å². The fourth-order valence-electron chi connectivity index (χ4n) is 2.55.